The Kier molecular flexibility index (Phi) is 5.49. The first-order chi connectivity index (χ1) is 13.0. The second kappa shape index (κ2) is 7.99. The Morgan fingerprint density at radius 3 is 2.63 bits per heavy atom. The van der Waals surface area contributed by atoms with Crippen LogP contribution >= 0.6 is 0 Å². The molecule has 7 heteroatoms. The van der Waals surface area contributed by atoms with E-state index in [4.69, 9.17) is 24.7 Å². The molecule has 27 heavy (non-hydrogen) atoms. The SMILES string of the molecule is CCCc1cc(C(=O)OC)ccc1OC(C(N)=O)c1ccc2c(c1)OCO2. The highest BCUT2D eigenvalue weighted by molar-refractivity contribution is 5.89. The van der Waals surface area contributed by atoms with E-state index in [1.165, 1.54) is 7.11 Å². The molecule has 1 amide bonds. The summed E-state index contributed by atoms with van der Waals surface area (Å²) in [5.74, 6) is 0.577. The van der Waals surface area contributed by atoms with Crippen molar-refractivity contribution in [3.05, 3.63) is 53.1 Å². The molecule has 0 fully saturated rings. The van der Waals surface area contributed by atoms with Crippen molar-refractivity contribution < 1.29 is 28.5 Å². The molecule has 0 bridgehead atoms. The van der Waals surface area contributed by atoms with Crippen molar-refractivity contribution in [3.63, 3.8) is 0 Å². The normalized spacial score (nSPS) is 13.1. The van der Waals surface area contributed by atoms with E-state index in [0.717, 1.165) is 12.0 Å². The van der Waals surface area contributed by atoms with Gasteiger partial charge in [0.2, 0.25) is 12.9 Å². The molecule has 0 aromatic heterocycles. The van der Waals surface area contributed by atoms with Gasteiger partial charge in [-0.25, -0.2) is 4.79 Å². The zero-order valence-corrected chi connectivity index (χ0v) is 15.2. The van der Waals surface area contributed by atoms with Crippen LogP contribution in [-0.2, 0) is 16.0 Å². The molecule has 1 atom stereocenters. The van der Waals surface area contributed by atoms with Crippen LogP contribution < -0.4 is 19.9 Å². The molecule has 1 aliphatic heterocycles. The molecule has 142 valence electrons. The van der Waals surface area contributed by atoms with E-state index in [-0.39, 0.29) is 6.79 Å². The molecular formula is C20H21NO6. The fourth-order valence-corrected chi connectivity index (χ4v) is 2.90. The second-order valence-electron chi connectivity index (χ2n) is 6.08. The van der Waals surface area contributed by atoms with Crippen LogP contribution in [0.15, 0.2) is 36.4 Å². The van der Waals surface area contributed by atoms with Gasteiger partial charge in [-0.2, -0.15) is 0 Å². The van der Waals surface area contributed by atoms with Gasteiger partial charge in [0.05, 0.1) is 12.7 Å². The average Bonchev–Trinajstić information content (AvgIpc) is 3.14. The number of esters is 1. The molecule has 7 nitrogen and oxygen atoms in total. The summed E-state index contributed by atoms with van der Waals surface area (Å²) in [4.78, 5) is 23.8. The van der Waals surface area contributed by atoms with E-state index in [1.807, 2.05) is 6.92 Å². The lowest BCUT2D eigenvalue weighted by Gasteiger charge is -2.19. The summed E-state index contributed by atoms with van der Waals surface area (Å²) in [5.41, 5.74) is 7.36. The largest absolute Gasteiger partial charge is 0.476 e. The van der Waals surface area contributed by atoms with Crippen molar-refractivity contribution in [2.24, 2.45) is 5.73 Å². The molecule has 0 radical (unpaired) electrons. The van der Waals surface area contributed by atoms with E-state index in [0.29, 0.717) is 34.8 Å². The van der Waals surface area contributed by atoms with Crippen LogP contribution in [0.3, 0.4) is 0 Å². The lowest BCUT2D eigenvalue weighted by atomic mass is 10.0. The Balaban J connectivity index is 1.92. The van der Waals surface area contributed by atoms with Gasteiger partial charge in [0.15, 0.2) is 11.5 Å². The van der Waals surface area contributed by atoms with Gasteiger partial charge in [-0.05, 0) is 42.3 Å². The number of fused-ring (bicyclic) bond motifs is 1. The maximum atomic E-state index is 12.0. The molecule has 0 aliphatic carbocycles. The van der Waals surface area contributed by atoms with Crippen molar-refractivity contribution in [1.29, 1.82) is 0 Å². The second-order valence-corrected chi connectivity index (χ2v) is 6.08. The van der Waals surface area contributed by atoms with Gasteiger partial charge in [-0.3, -0.25) is 4.79 Å². The van der Waals surface area contributed by atoms with Crippen LogP contribution in [0.2, 0.25) is 0 Å². The standard InChI is InChI=1S/C20H21NO6/c1-3-4-12-9-14(20(23)24-2)6-7-15(12)27-18(19(21)22)13-5-8-16-17(10-13)26-11-25-16/h5-10,18H,3-4,11H2,1-2H3,(H2,21,22). The molecule has 2 aromatic rings. The van der Waals surface area contributed by atoms with Crippen molar-refractivity contribution in [2.45, 2.75) is 25.9 Å². The first-order valence-corrected chi connectivity index (χ1v) is 8.60. The molecule has 0 spiro atoms. The van der Waals surface area contributed by atoms with E-state index < -0.39 is 18.0 Å². The molecule has 3 rings (SSSR count). The number of amides is 1. The Morgan fingerprint density at radius 1 is 1.15 bits per heavy atom. The molecule has 2 aromatic carbocycles. The Bertz CT molecular complexity index is 864. The van der Waals surface area contributed by atoms with Gasteiger partial charge in [0.25, 0.3) is 5.91 Å². The number of rotatable bonds is 7. The van der Waals surface area contributed by atoms with Crippen LogP contribution in [0.1, 0.15) is 40.9 Å². The number of carbonyl (C=O) groups is 2. The topological polar surface area (TPSA) is 97.1 Å². The van der Waals surface area contributed by atoms with Gasteiger partial charge < -0.3 is 24.7 Å². The van der Waals surface area contributed by atoms with Gasteiger partial charge in [0.1, 0.15) is 5.75 Å². The minimum absolute atomic E-state index is 0.135. The number of nitrogens with two attached hydrogens (primary N) is 1. The number of hydrogen-bond acceptors (Lipinski definition) is 6. The maximum Gasteiger partial charge on any atom is 0.337 e. The maximum absolute atomic E-state index is 12.0. The van der Waals surface area contributed by atoms with Gasteiger partial charge in [-0.15, -0.1) is 0 Å². The monoisotopic (exact) mass is 371 g/mol. The van der Waals surface area contributed by atoms with Gasteiger partial charge in [-0.1, -0.05) is 19.4 Å². The molecule has 2 N–H and O–H groups in total. The van der Waals surface area contributed by atoms with Crippen LogP contribution in [0.25, 0.3) is 0 Å². The summed E-state index contributed by atoms with van der Waals surface area (Å²) in [5, 5.41) is 0. The Labute approximate surface area is 157 Å². The average molecular weight is 371 g/mol. The summed E-state index contributed by atoms with van der Waals surface area (Å²) in [6.07, 6.45) is 0.512. The zero-order valence-electron chi connectivity index (χ0n) is 15.2. The molecular weight excluding hydrogens is 350 g/mol. The lowest BCUT2D eigenvalue weighted by molar-refractivity contribution is -0.125. The number of ether oxygens (including phenoxy) is 4. The predicted molar refractivity (Wildman–Crippen MR) is 96.9 cm³/mol. The summed E-state index contributed by atoms with van der Waals surface area (Å²) in [7, 11) is 1.33. The molecule has 1 heterocycles. The predicted octanol–water partition coefficient (Wildman–Crippen LogP) is 2.76. The third-order valence-corrected chi connectivity index (χ3v) is 4.20. The molecule has 0 saturated carbocycles. The highest BCUT2D eigenvalue weighted by Gasteiger charge is 2.24. The highest BCUT2D eigenvalue weighted by Crippen LogP contribution is 2.36. The summed E-state index contributed by atoms with van der Waals surface area (Å²) < 4.78 is 21.4. The fourth-order valence-electron chi connectivity index (χ4n) is 2.90. The Morgan fingerprint density at radius 2 is 1.93 bits per heavy atom. The number of benzene rings is 2. The van der Waals surface area contributed by atoms with E-state index in [1.54, 1.807) is 36.4 Å². The van der Waals surface area contributed by atoms with E-state index >= 15 is 0 Å². The number of primary amides is 1. The van der Waals surface area contributed by atoms with Crippen LogP contribution in [0, 0.1) is 0 Å². The Hall–Kier alpha value is -3.22. The van der Waals surface area contributed by atoms with Crippen molar-refractivity contribution in [3.8, 4) is 17.2 Å². The van der Waals surface area contributed by atoms with Crippen molar-refractivity contribution in [2.75, 3.05) is 13.9 Å². The van der Waals surface area contributed by atoms with E-state index in [9.17, 15) is 9.59 Å². The fraction of sp³-hybridized carbons (Fsp3) is 0.300. The number of aryl methyl sites for hydroxylation is 1. The smallest absolute Gasteiger partial charge is 0.337 e. The lowest BCUT2D eigenvalue weighted by Crippen LogP contribution is -2.26. The van der Waals surface area contributed by atoms with E-state index in [2.05, 4.69) is 0 Å². The minimum atomic E-state index is -1.00. The first-order valence-electron chi connectivity index (χ1n) is 8.60. The highest BCUT2D eigenvalue weighted by atomic mass is 16.7. The molecule has 0 saturated heterocycles. The van der Waals surface area contributed by atoms with Crippen molar-refractivity contribution >= 4 is 11.9 Å². The minimum Gasteiger partial charge on any atom is -0.476 e. The summed E-state index contributed by atoms with van der Waals surface area (Å²) in [6, 6.07) is 10.1. The number of hydrogen-bond donors (Lipinski definition) is 1. The third kappa shape index (κ3) is 3.97. The van der Waals surface area contributed by atoms with Crippen LogP contribution in [0.4, 0.5) is 0 Å². The quantitative estimate of drug-likeness (QED) is 0.752. The van der Waals surface area contributed by atoms with Crippen LogP contribution in [-0.4, -0.2) is 25.8 Å². The molecule has 1 aliphatic rings. The third-order valence-electron chi connectivity index (χ3n) is 4.20. The first kappa shape index (κ1) is 18.6. The van der Waals surface area contributed by atoms with Crippen LogP contribution in [0.5, 0.6) is 17.2 Å². The number of methoxy groups -OCH3 is 1. The summed E-state index contributed by atoms with van der Waals surface area (Å²) >= 11 is 0. The number of carbonyl (C=O) groups excluding carboxylic acids is 2. The van der Waals surface area contributed by atoms with Gasteiger partial charge >= 0.3 is 5.97 Å². The summed E-state index contributed by atoms with van der Waals surface area (Å²) in [6.45, 7) is 2.15. The van der Waals surface area contributed by atoms with Crippen molar-refractivity contribution in [1.82, 2.24) is 0 Å². The molecule has 1 unspecified atom stereocenters. The zero-order chi connectivity index (χ0) is 19.4. The van der Waals surface area contributed by atoms with Gasteiger partial charge in [0, 0.05) is 5.56 Å².